The predicted octanol–water partition coefficient (Wildman–Crippen LogP) is 2.26. The molecule has 8 nitrogen and oxygen atoms in total. The van der Waals surface area contributed by atoms with Crippen molar-refractivity contribution in [1.82, 2.24) is 9.80 Å². The number of benzene rings is 1. The minimum absolute atomic E-state index is 0.177. The minimum atomic E-state index is -0.508. The molecule has 2 aliphatic heterocycles. The molecule has 0 aromatic heterocycles. The van der Waals surface area contributed by atoms with Crippen molar-refractivity contribution in [3.8, 4) is 5.75 Å². The van der Waals surface area contributed by atoms with Crippen LogP contribution in [0, 0.1) is 0 Å². The summed E-state index contributed by atoms with van der Waals surface area (Å²) < 4.78 is 16.2. The van der Waals surface area contributed by atoms with Crippen LogP contribution in [0.4, 0.5) is 10.5 Å². The van der Waals surface area contributed by atoms with Gasteiger partial charge in [0.2, 0.25) is 0 Å². The predicted molar refractivity (Wildman–Crippen MR) is 104 cm³/mol. The van der Waals surface area contributed by atoms with Crippen molar-refractivity contribution in [2.45, 2.75) is 45.4 Å². The number of anilines is 1. The standard InChI is InChI=1S/C20H29N3O5/c1-20(2,3)28-19(25)23-7-6-22-11-13-9-16(21)15(18(24)26-4)10-17(13)27-8-5-14(22)12-23/h9-10,14H,5-8,11-12,21H2,1-4H3/t14-/m0/s1. The van der Waals surface area contributed by atoms with Crippen LogP contribution in [0.15, 0.2) is 12.1 Å². The average molecular weight is 391 g/mol. The molecular formula is C20H29N3O5. The Bertz CT molecular complexity index is 759. The molecule has 154 valence electrons. The molecule has 2 heterocycles. The molecule has 1 aromatic rings. The molecule has 0 spiro atoms. The van der Waals surface area contributed by atoms with E-state index in [9.17, 15) is 9.59 Å². The Morgan fingerprint density at radius 2 is 2.00 bits per heavy atom. The second-order valence-corrected chi connectivity index (χ2v) is 8.23. The van der Waals surface area contributed by atoms with Gasteiger partial charge in [0, 0.05) is 43.5 Å². The van der Waals surface area contributed by atoms with E-state index in [4.69, 9.17) is 19.9 Å². The summed E-state index contributed by atoms with van der Waals surface area (Å²) in [7, 11) is 1.33. The summed E-state index contributed by atoms with van der Waals surface area (Å²) in [5.41, 5.74) is 7.17. The molecule has 2 N–H and O–H groups in total. The lowest BCUT2D eigenvalue weighted by atomic mass is 10.0. The van der Waals surface area contributed by atoms with Gasteiger partial charge in [0.15, 0.2) is 0 Å². The fraction of sp³-hybridized carbons (Fsp3) is 0.600. The summed E-state index contributed by atoms with van der Waals surface area (Å²) in [5, 5.41) is 0. The average Bonchev–Trinajstić information content (AvgIpc) is 2.60. The van der Waals surface area contributed by atoms with E-state index in [1.54, 1.807) is 17.0 Å². The molecule has 0 saturated carbocycles. The maximum absolute atomic E-state index is 12.4. The molecule has 1 fully saturated rings. The van der Waals surface area contributed by atoms with Crippen LogP contribution in [0.25, 0.3) is 0 Å². The van der Waals surface area contributed by atoms with Gasteiger partial charge in [0.05, 0.1) is 19.3 Å². The second kappa shape index (κ2) is 7.87. The smallest absolute Gasteiger partial charge is 0.410 e. The number of carbonyl (C=O) groups is 2. The fourth-order valence-corrected chi connectivity index (χ4v) is 3.58. The highest BCUT2D eigenvalue weighted by Crippen LogP contribution is 2.31. The summed E-state index contributed by atoms with van der Waals surface area (Å²) in [6.07, 6.45) is 0.499. The topological polar surface area (TPSA) is 94.3 Å². The van der Waals surface area contributed by atoms with Crippen molar-refractivity contribution in [3.63, 3.8) is 0 Å². The van der Waals surface area contributed by atoms with Gasteiger partial charge in [-0.25, -0.2) is 9.59 Å². The zero-order valence-electron chi connectivity index (χ0n) is 17.0. The second-order valence-electron chi connectivity index (χ2n) is 8.23. The number of methoxy groups -OCH3 is 1. The Morgan fingerprint density at radius 1 is 1.25 bits per heavy atom. The number of fused-ring (bicyclic) bond motifs is 2. The number of piperazine rings is 1. The van der Waals surface area contributed by atoms with Gasteiger partial charge in [-0.15, -0.1) is 0 Å². The maximum atomic E-state index is 12.4. The van der Waals surface area contributed by atoms with Gasteiger partial charge in [0.1, 0.15) is 11.4 Å². The first-order valence-electron chi connectivity index (χ1n) is 9.53. The van der Waals surface area contributed by atoms with Crippen molar-refractivity contribution < 1.29 is 23.8 Å². The van der Waals surface area contributed by atoms with E-state index in [0.717, 1.165) is 18.5 Å². The van der Waals surface area contributed by atoms with Crippen LogP contribution >= 0.6 is 0 Å². The molecule has 28 heavy (non-hydrogen) atoms. The van der Waals surface area contributed by atoms with Crippen LogP contribution in [-0.2, 0) is 16.0 Å². The largest absolute Gasteiger partial charge is 0.493 e. The molecule has 1 saturated heterocycles. The van der Waals surface area contributed by atoms with Gasteiger partial charge >= 0.3 is 12.1 Å². The molecule has 1 amide bonds. The van der Waals surface area contributed by atoms with E-state index in [-0.39, 0.29) is 12.1 Å². The van der Waals surface area contributed by atoms with Gasteiger partial charge in [-0.3, -0.25) is 4.90 Å². The van der Waals surface area contributed by atoms with Gasteiger partial charge < -0.3 is 24.8 Å². The normalized spacial score (nSPS) is 20.1. The lowest BCUT2D eigenvalue weighted by Crippen LogP contribution is -2.55. The van der Waals surface area contributed by atoms with Crippen molar-refractivity contribution in [1.29, 1.82) is 0 Å². The third-order valence-corrected chi connectivity index (χ3v) is 4.98. The first kappa shape index (κ1) is 20.3. The molecule has 0 unspecified atom stereocenters. The van der Waals surface area contributed by atoms with E-state index in [0.29, 0.717) is 43.2 Å². The summed E-state index contributed by atoms with van der Waals surface area (Å²) in [6, 6.07) is 3.62. The lowest BCUT2D eigenvalue weighted by molar-refractivity contribution is -0.00193. The first-order valence-corrected chi connectivity index (χ1v) is 9.53. The van der Waals surface area contributed by atoms with Crippen LogP contribution in [-0.4, -0.2) is 66.9 Å². The van der Waals surface area contributed by atoms with Crippen LogP contribution in [0.1, 0.15) is 43.1 Å². The number of nitrogen functional groups attached to an aromatic ring is 1. The highest BCUT2D eigenvalue weighted by atomic mass is 16.6. The van der Waals surface area contributed by atoms with E-state index >= 15 is 0 Å². The molecule has 0 bridgehead atoms. The summed E-state index contributed by atoms with van der Waals surface area (Å²) >= 11 is 0. The highest BCUT2D eigenvalue weighted by molar-refractivity contribution is 5.95. The number of amides is 1. The summed E-state index contributed by atoms with van der Waals surface area (Å²) in [4.78, 5) is 28.4. The zero-order valence-corrected chi connectivity index (χ0v) is 17.0. The molecular weight excluding hydrogens is 362 g/mol. The number of nitrogens with zero attached hydrogens (tertiary/aromatic N) is 2. The highest BCUT2D eigenvalue weighted by Gasteiger charge is 2.33. The third-order valence-electron chi connectivity index (χ3n) is 4.98. The molecule has 1 atom stereocenters. The summed E-state index contributed by atoms with van der Waals surface area (Å²) in [6.45, 7) is 8.69. The molecule has 3 rings (SSSR count). The Hall–Kier alpha value is -2.48. The third kappa shape index (κ3) is 4.49. The van der Waals surface area contributed by atoms with E-state index in [1.165, 1.54) is 7.11 Å². The minimum Gasteiger partial charge on any atom is -0.493 e. The summed E-state index contributed by atoms with van der Waals surface area (Å²) in [5.74, 6) is 0.178. The number of esters is 1. The molecule has 0 radical (unpaired) electrons. The van der Waals surface area contributed by atoms with Crippen LogP contribution < -0.4 is 10.5 Å². The molecule has 2 aliphatic rings. The quantitative estimate of drug-likeness (QED) is 0.580. The number of carbonyl (C=O) groups excluding carboxylic acids is 2. The van der Waals surface area contributed by atoms with Crippen LogP contribution in [0.3, 0.4) is 0 Å². The number of hydrogen-bond donors (Lipinski definition) is 1. The van der Waals surface area contributed by atoms with Crippen LogP contribution in [0.2, 0.25) is 0 Å². The fourth-order valence-electron chi connectivity index (χ4n) is 3.58. The van der Waals surface area contributed by atoms with E-state index in [2.05, 4.69) is 4.90 Å². The molecule has 8 heteroatoms. The van der Waals surface area contributed by atoms with Gasteiger partial charge in [-0.1, -0.05) is 0 Å². The number of hydrogen-bond acceptors (Lipinski definition) is 7. The van der Waals surface area contributed by atoms with Crippen molar-refractivity contribution in [3.05, 3.63) is 23.3 Å². The van der Waals surface area contributed by atoms with Gasteiger partial charge in [-0.05, 0) is 39.3 Å². The monoisotopic (exact) mass is 391 g/mol. The number of ether oxygens (including phenoxy) is 3. The lowest BCUT2D eigenvalue weighted by Gasteiger charge is -2.42. The van der Waals surface area contributed by atoms with E-state index in [1.807, 2.05) is 20.8 Å². The van der Waals surface area contributed by atoms with Gasteiger partial charge in [0.25, 0.3) is 0 Å². The Morgan fingerprint density at radius 3 is 2.68 bits per heavy atom. The van der Waals surface area contributed by atoms with Crippen LogP contribution in [0.5, 0.6) is 5.75 Å². The van der Waals surface area contributed by atoms with Crippen molar-refractivity contribution in [2.75, 3.05) is 39.1 Å². The molecule has 0 aliphatic carbocycles. The Labute approximate surface area is 165 Å². The maximum Gasteiger partial charge on any atom is 0.410 e. The Balaban J connectivity index is 1.74. The zero-order chi connectivity index (χ0) is 20.5. The SMILES string of the molecule is COC(=O)c1cc2c(cc1N)CN1CCN(C(=O)OC(C)(C)C)C[C@@H]1CCO2. The molecule has 1 aromatic carbocycles. The Kier molecular flexibility index (Phi) is 5.69. The van der Waals surface area contributed by atoms with Crippen molar-refractivity contribution in [2.24, 2.45) is 0 Å². The van der Waals surface area contributed by atoms with E-state index < -0.39 is 11.6 Å². The van der Waals surface area contributed by atoms with Gasteiger partial charge in [-0.2, -0.15) is 0 Å². The first-order chi connectivity index (χ1) is 13.2. The number of rotatable bonds is 1. The number of nitrogens with two attached hydrogens (primary N) is 1. The van der Waals surface area contributed by atoms with Crippen molar-refractivity contribution >= 4 is 17.7 Å².